The zero-order valence-corrected chi connectivity index (χ0v) is 22.6. The molecule has 0 saturated heterocycles. The highest BCUT2D eigenvalue weighted by Crippen LogP contribution is 2.22. The van der Waals surface area contributed by atoms with E-state index in [2.05, 4.69) is 39.7 Å². The van der Waals surface area contributed by atoms with E-state index in [1.54, 1.807) is 25.1 Å². The fraction of sp³-hybridized carbons (Fsp3) is 0.323. The molecule has 0 bridgehead atoms. The van der Waals surface area contributed by atoms with Gasteiger partial charge in [0.25, 0.3) is 11.8 Å². The van der Waals surface area contributed by atoms with E-state index in [0.29, 0.717) is 17.8 Å². The molecule has 1 aliphatic heterocycles. The Morgan fingerprint density at radius 2 is 1.92 bits per heavy atom. The number of aliphatic imine (C=N–C) groups is 1. The molecule has 1 heterocycles. The van der Waals surface area contributed by atoms with E-state index in [0.717, 1.165) is 42.9 Å². The van der Waals surface area contributed by atoms with Crippen molar-refractivity contribution in [3.05, 3.63) is 100 Å². The molecule has 0 aromatic heterocycles. The molecule has 2 aromatic rings. The second-order valence-electron chi connectivity index (χ2n) is 9.54. The molecule has 0 unspecified atom stereocenters. The van der Waals surface area contributed by atoms with E-state index >= 15 is 0 Å². The van der Waals surface area contributed by atoms with Gasteiger partial charge in [-0.25, -0.2) is 4.99 Å². The molecule has 0 atom stereocenters. The molecular weight excluding hydrogens is 460 g/mol. The second-order valence-corrected chi connectivity index (χ2v) is 9.54. The first-order valence-corrected chi connectivity index (χ1v) is 12.8. The minimum atomic E-state index is -0.252. The Labute approximate surface area is 220 Å². The normalized spacial score (nSPS) is 14.3. The zero-order valence-electron chi connectivity index (χ0n) is 22.6. The number of carbonyl (C=O) groups excluding carboxylic acids is 2. The van der Waals surface area contributed by atoms with Gasteiger partial charge < -0.3 is 15.5 Å². The van der Waals surface area contributed by atoms with Crippen LogP contribution in [-0.4, -0.2) is 36.0 Å². The number of nitrogens with one attached hydrogen (secondary N) is 2. The molecule has 37 heavy (non-hydrogen) atoms. The van der Waals surface area contributed by atoms with Crippen LogP contribution in [-0.2, 0) is 24.3 Å². The number of anilines is 1. The van der Waals surface area contributed by atoms with Crippen LogP contribution in [0, 0.1) is 0 Å². The first-order valence-electron chi connectivity index (χ1n) is 12.8. The quantitative estimate of drug-likeness (QED) is 0.260. The van der Waals surface area contributed by atoms with Gasteiger partial charge in [0.2, 0.25) is 0 Å². The molecule has 6 nitrogen and oxygen atoms in total. The zero-order chi connectivity index (χ0) is 26.8. The Kier molecular flexibility index (Phi) is 10.2. The maximum absolute atomic E-state index is 12.9. The molecule has 6 heteroatoms. The van der Waals surface area contributed by atoms with Crippen LogP contribution in [0.5, 0.6) is 0 Å². The molecule has 194 valence electrons. The molecular formula is C31H38N4O2. The van der Waals surface area contributed by atoms with Crippen molar-refractivity contribution in [3.8, 4) is 0 Å². The lowest BCUT2D eigenvalue weighted by molar-refractivity contribution is -0.117. The van der Waals surface area contributed by atoms with Crippen LogP contribution < -0.4 is 10.6 Å². The second kappa shape index (κ2) is 13.5. The number of fused-ring (bicyclic) bond motifs is 1. The molecule has 2 N–H and O–H groups in total. The smallest absolute Gasteiger partial charge is 0.269 e. The van der Waals surface area contributed by atoms with Gasteiger partial charge in [-0.3, -0.25) is 9.59 Å². The number of likely N-dealkylation sites (N-methyl/N-ethyl adjacent to an activating group) is 1. The number of rotatable bonds is 9. The van der Waals surface area contributed by atoms with Crippen molar-refractivity contribution >= 4 is 23.2 Å². The van der Waals surface area contributed by atoms with Gasteiger partial charge in [-0.1, -0.05) is 48.9 Å². The lowest BCUT2D eigenvalue weighted by atomic mass is 9.99. The van der Waals surface area contributed by atoms with Crippen molar-refractivity contribution in [1.82, 2.24) is 10.2 Å². The number of amides is 2. The van der Waals surface area contributed by atoms with Crippen LogP contribution in [0.3, 0.4) is 0 Å². The van der Waals surface area contributed by atoms with Crippen LogP contribution in [0.4, 0.5) is 5.69 Å². The van der Waals surface area contributed by atoms with Gasteiger partial charge in [0, 0.05) is 36.6 Å². The van der Waals surface area contributed by atoms with E-state index < -0.39 is 0 Å². The van der Waals surface area contributed by atoms with E-state index in [1.807, 2.05) is 57.2 Å². The van der Waals surface area contributed by atoms with Crippen molar-refractivity contribution in [1.29, 1.82) is 0 Å². The van der Waals surface area contributed by atoms with Crippen molar-refractivity contribution in [3.63, 3.8) is 0 Å². The van der Waals surface area contributed by atoms with Crippen LogP contribution in [0.25, 0.3) is 0 Å². The summed E-state index contributed by atoms with van der Waals surface area (Å²) in [6.45, 7) is 10.1. The molecule has 2 amide bonds. The average molecular weight is 499 g/mol. The Morgan fingerprint density at radius 3 is 2.65 bits per heavy atom. The SMILES string of the molecule is C\C=C(/N=C(\C=C/C=C(C)C)CC)C(=O)NCc1cccc(C(=O)Nc2ccc3c(c2)CN(C)CC3)c1. The molecule has 0 aliphatic carbocycles. The Hall–Kier alpha value is -3.77. The lowest BCUT2D eigenvalue weighted by Gasteiger charge is -2.25. The number of nitrogens with zero attached hydrogens (tertiary/aromatic N) is 2. The summed E-state index contributed by atoms with van der Waals surface area (Å²) in [5.41, 5.74) is 7.16. The van der Waals surface area contributed by atoms with Gasteiger partial charge in [0.05, 0.1) is 0 Å². The van der Waals surface area contributed by atoms with Gasteiger partial charge in [0.15, 0.2) is 0 Å². The Balaban J connectivity index is 1.62. The number of hydrogen-bond donors (Lipinski definition) is 2. The van der Waals surface area contributed by atoms with Crippen molar-refractivity contribution in [2.75, 3.05) is 18.9 Å². The van der Waals surface area contributed by atoms with Gasteiger partial charge >= 0.3 is 0 Å². The third kappa shape index (κ3) is 8.40. The van der Waals surface area contributed by atoms with E-state index in [4.69, 9.17) is 0 Å². The van der Waals surface area contributed by atoms with Gasteiger partial charge in [-0.05, 0) is 87.7 Å². The largest absolute Gasteiger partial charge is 0.347 e. The van der Waals surface area contributed by atoms with Crippen LogP contribution in [0.1, 0.15) is 61.2 Å². The highest BCUT2D eigenvalue weighted by Gasteiger charge is 2.15. The third-order valence-electron chi connectivity index (χ3n) is 6.16. The monoisotopic (exact) mass is 498 g/mol. The predicted octanol–water partition coefficient (Wildman–Crippen LogP) is 5.82. The molecule has 0 saturated carbocycles. The summed E-state index contributed by atoms with van der Waals surface area (Å²) in [5.74, 6) is -0.426. The molecule has 1 aliphatic rings. The van der Waals surface area contributed by atoms with Crippen LogP contribution >= 0.6 is 0 Å². The predicted molar refractivity (Wildman–Crippen MR) is 153 cm³/mol. The average Bonchev–Trinajstić information content (AvgIpc) is 2.89. The van der Waals surface area contributed by atoms with Gasteiger partial charge in [-0.2, -0.15) is 0 Å². The van der Waals surface area contributed by atoms with Crippen molar-refractivity contribution < 1.29 is 9.59 Å². The van der Waals surface area contributed by atoms with E-state index in [-0.39, 0.29) is 11.8 Å². The van der Waals surface area contributed by atoms with Crippen molar-refractivity contribution in [2.24, 2.45) is 4.99 Å². The van der Waals surface area contributed by atoms with E-state index in [1.165, 1.54) is 16.7 Å². The molecule has 2 aromatic carbocycles. The summed E-state index contributed by atoms with van der Waals surface area (Å²) in [6, 6.07) is 13.4. The number of hydrogen-bond acceptors (Lipinski definition) is 4. The van der Waals surface area contributed by atoms with Crippen LogP contribution in [0.15, 0.2) is 83.0 Å². The number of carbonyl (C=O) groups is 2. The summed E-state index contributed by atoms with van der Waals surface area (Å²) in [6.07, 6.45) is 9.33. The highest BCUT2D eigenvalue weighted by atomic mass is 16.2. The molecule has 0 fully saturated rings. The number of benzene rings is 2. The minimum absolute atomic E-state index is 0.174. The highest BCUT2D eigenvalue weighted by molar-refractivity contribution is 6.04. The topological polar surface area (TPSA) is 73.8 Å². The van der Waals surface area contributed by atoms with Gasteiger partial charge in [0.1, 0.15) is 5.70 Å². The number of allylic oxidation sites excluding steroid dienone is 5. The summed E-state index contributed by atoms with van der Waals surface area (Å²) >= 11 is 0. The Morgan fingerprint density at radius 1 is 1.11 bits per heavy atom. The third-order valence-corrected chi connectivity index (χ3v) is 6.16. The summed E-state index contributed by atoms with van der Waals surface area (Å²) in [5, 5.41) is 5.93. The summed E-state index contributed by atoms with van der Waals surface area (Å²) in [4.78, 5) is 32.5. The maximum atomic E-state index is 12.9. The summed E-state index contributed by atoms with van der Waals surface area (Å²) < 4.78 is 0. The van der Waals surface area contributed by atoms with Crippen LogP contribution in [0.2, 0.25) is 0 Å². The van der Waals surface area contributed by atoms with E-state index in [9.17, 15) is 9.59 Å². The minimum Gasteiger partial charge on any atom is -0.347 e. The van der Waals surface area contributed by atoms with Crippen molar-refractivity contribution in [2.45, 2.75) is 53.6 Å². The molecule has 3 rings (SSSR count). The fourth-order valence-corrected chi connectivity index (χ4v) is 4.06. The Bertz CT molecular complexity index is 1250. The first kappa shape index (κ1) is 27.8. The maximum Gasteiger partial charge on any atom is 0.269 e. The molecule has 0 radical (unpaired) electrons. The first-order chi connectivity index (χ1) is 17.8. The van der Waals surface area contributed by atoms with Gasteiger partial charge in [-0.15, -0.1) is 0 Å². The molecule has 0 spiro atoms. The standard InChI is InChI=1S/C31H38N4O2/c1-6-27(13-8-10-22(3)4)33-29(7-2)31(37)32-20-23-11-9-12-25(18-23)30(36)34-28-15-14-24-16-17-35(5)21-26(24)19-28/h7-15,18-19H,6,16-17,20-21H2,1-5H3,(H,32,37)(H,34,36)/b13-8-,29-7-,33-27-. The lowest BCUT2D eigenvalue weighted by Crippen LogP contribution is -2.26. The fourth-order valence-electron chi connectivity index (χ4n) is 4.06. The summed E-state index contributed by atoms with van der Waals surface area (Å²) in [7, 11) is 2.11.